The van der Waals surface area contributed by atoms with Gasteiger partial charge in [0.05, 0.1) is 25.9 Å². The quantitative estimate of drug-likeness (QED) is 0.838. The van der Waals surface area contributed by atoms with Gasteiger partial charge in [-0.1, -0.05) is 19.1 Å². The molecule has 2 aliphatic rings. The van der Waals surface area contributed by atoms with Gasteiger partial charge < -0.3 is 9.47 Å². The SMILES string of the molecule is CCCN1C[C@@H](Cn2cccn2)O[C@H]2Cc3c(cccc3OC)C[C@@H]21. The number of methoxy groups -OCH3 is 1. The molecule has 1 aliphatic heterocycles. The van der Waals surface area contributed by atoms with Crippen molar-refractivity contribution in [1.29, 1.82) is 0 Å². The van der Waals surface area contributed by atoms with Crippen LogP contribution < -0.4 is 4.74 Å². The lowest BCUT2D eigenvalue weighted by atomic mass is 9.83. The Bertz CT molecular complexity index is 701. The summed E-state index contributed by atoms with van der Waals surface area (Å²) in [4.78, 5) is 2.63. The number of morpholine rings is 1. The second kappa shape index (κ2) is 7.18. The van der Waals surface area contributed by atoms with Crippen LogP contribution in [-0.4, -0.2) is 53.1 Å². The summed E-state index contributed by atoms with van der Waals surface area (Å²) in [5, 5.41) is 4.35. The van der Waals surface area contributed by atoms with Crippen molar-refractivity contribution >= 4 is 0 Å². The second-order valence-electron chi connectivity index (χ2n) is 7.09. The second-order valence-corrected chi connectivity index (χ2v) is 7.09. The summed E-state index contributed by atoms with van der Waals surface area (Å²) in [6.45, 7) is 5.18. The molecule has 0 N–H and O–H groups in total. The van der Waals surface area contributed by atoms with Gasteiger partial charge >= 0.3 is 0 Å². The van der Waals surface area contributed by atoms with E-state index >= 15 is 0 Å². The monoisotopic (exact) mass is 341 g/mol. The van der Waals surface area contributed by atoms with E-state index in [-0.39, 0.29) is 12.2 Å². The zero-order valence-corrected chi connectivity index (χ0v) is 15.1. The highest BCUT2D eigenvalue weighted by atomic mass is 16.5. The number of aromatic nitrogens is 2. The fraction of sp³-hybridized carbons (Fsp3) is 0.550. The van der Waals surface area contributed by atoms with Crippen LogP contribution in [0.5, 0.6) is 5.75 Å². The zero-order valence-electron chi connectivity index (χ0n) is 15.1. The van der Waals surface area contributed by atoms with Crippen LogP contribution in [0.3, 0.4) is 0 Å². The van der Waals surface area contributed by atoms with Gasteiger partial charge in [0.15, 0.2) is 0 Å². The Kier molecular flexibility index (Phi) is 4.77. The van der Waals surface area contributed by atoms with Gasteiger partial charge in [-0.2, -0.15) is 5.10 Å². The van der Waals surface area contributed by atoms with E-state index in [0.29, 0.717) is 6.04 Å². The van der Waals surface area contributed by atoms with Crippen LogP contribution >= 0.6 is 0 Å². The maximum absolute atomic E-state index is 6.54. The summed E-state index contributed by atoms with van der Waals surface area (Å²) in [5.74, 6) is 0.996. The molecule has 3 atom stereocenters. The molecule has 0 radical (unpaired) electrons. The predicted molar refractivity (Wildman–Crippen MR) is 96.9 cm³/mol. The van der Waals surface area contributed by atoms with Gasteiger partial charge in [0.25, 0.3) is 0 Å². The number of nitrogens with zero attached hydrogens (tertiary/aromatic N) is 3. The van der Waals surface area contributed by atoms with Crippen molar-refractivity contribution in [3.05, 3.63) is 47.8 Å². The maximum atomic E-state index is 6.54. The van der Waals surface area contributed by atoms with E-state index in [9.17, 15) is 0 Å². The maximum Gasteiger partial charge on any atom is 0.122 e. The van der Waals surface area contributed by atoms with Gasteiger partial charge in [-0.15, -0.1) is 0 Å². The molecule has 134 valence electrons. The third kappa shape index (κ3) is 3.31. The Morgan fingerprint density at radius 1 is 1.28 bits per heavy atom. The van der Waals surface area contributed by atoms with Gasteiger partial charge in [0.2, 0.25) is 0 Å². The molecule has 5 heteroatoms. The molecule has 1 aromatic heterocycles. The van der Waals surface area contributed by atoms with Crippen molar-refractivity contribution in [2.75, 3.05) is 20.2 Å². The topological polar surface area (TPSA) is 39.5 Å². The fourth-order valence-electron chi connectivity index (χ4n) is 4.37. The Morgan fingerprint density at radius 2 is 2.20 bits per heavy atom. The Balaban J connectivity index is 1.58. The highest BCUT2D eigenvalue weighted by molar-refractivity contribution is 5.43. The van der Waals surface area contributed by atoms with E-state index in [4.69, 9.17) is 9.47 Å². The first kappa shape index (κ1) is 16.6. The summed E-state index contributed by atoms with van der Waals surface area (Å²) in [6.07, 6.45) is 7.40. The predicted octanol–water partition coefficient (Wildman–Crippen LogP) is 2.54. The third-order valence-electron chi connectivity index (χ3n) is 5.45. The molecule has 1 saturated heterocycles. The van der Waals surface area contributed by atoms with Gasteiger partial charge in [0, 0.05) is 31.4 Å². The van der Waals surface area contributed by atoms with E-state index in [1.807, 2.05) is 23.1 Å². The van der Waals surface area contributed by atoms with Gasteiger partial charge in [-0.25, -0.2) is 0 Å². The standard InChI is InChI=1S/C20H27N3O2/c1-3-9-22-13-16(14-23-10-5-8-21-23)25-20-12-17-15(11-18(20)22)6-4-7-19(17)24-2/h4-8,10,16,18,20H,3,9,11-14H2,1-2H3/t16-,18-,20-/m0/s1. The highest BCUT2D eigenvalue weighted by Gasteiger charge is 2.40. The lowest BCUT2D eigenvalue weighted by Crippen LogP contribution is -2.58. The minimum Gasteiger partial charge on any atom is -0.496 e. The van der Waals surface area contributed by atoms with Gasteiger partial charge in [-0.3, -0.25) is 9.58 Å². The lowest BCUT2D eigenvalue weighted by Gasteiger charge is -2.47. The van der Waals surface area contributed by atoms with Gasteiger partial charge in [-0.05, 0) is 42.6 Å². The van der Waals surface area contributed by atoms with E-state index in [0.717, 1.165) is 38.2 Å². The average molecular weight is 341 g/mol. The first-order valence-electron chi connectivity index (χ1n) is 9.30. The minimum atomic E-state index is 0.184. The normalized spacial score (nSPS) is 26.1. The molecule has 25 heavy (non-hydrogen) atoms. The highest BCUT2D eigenvalue weighted by Crippen LogP contribution is 2.35. The van der Waals surface area contributed by atoms with Crippen LogP contribution in [0.25, 0.3) is 0 Å². The van der Waals surface area contributed by atoms with E-state index in [2.05, 4.69) is 35.1 Å². The molecule has 1 aromatic carbocycles. The Morgan fingerprint density at radius 3 is 2.96 bits per heavy atom. The van der Waals surface area contributed by atoms with Crippen molar-refractivity contribution in [2.45, 2.75) is 51.0 Å². The molecule has 0 amide bonds. The molecule has 4 rings (SSSR count). The molecule has 5 nitrogen and oxygen atoms in total. The van der Waals surface area contributed by atoms with Crippen molar-refractivity contribution in [1.82, 2.24) is 14.7 Å². The first-order chi connectivity index (χ1) is 12.3. The largest absolute Gasteiger partial charge is 0.496 e. The van der Waals surface area contributed by atoms with Crippen molar-refractivity contribution in [3.8, 4) is 5.75 Å². The molecule has 1 aliphatic carbocycles. The summed E-state index contributed by atoms with van der Waals surface area (Å²) in [5.41, 5.74) is 2.73. The van der Waals surface area contributed by atoms with Crippen LogP contribution in [-0.2, 0) is 24.1 Å². The molecule has 2 heterocycles. The van der Waals surface area contributed by atoms with Crippen molar-refractivity contribution < 1.29 is 9.47 Å². The number of fused-ring (bicyclic) bond motifs is 2. The van der Waals surface area contributed by atoms with E-state index in [1.165, 1.54) is 17.5 Å². The van der Waals surface area contributed by atoms with Crippen LogP contribution in [0.1, 0.15) is 24.5 Å². The number of hydrogen-bond donors (Lipinski definition) is 0. The van der Waals surface area contributed by atoms with Crippen LogP contribution in [0.4, 0.5) is 0 Å². The number of rotatable bonds is 5. The lowest BCUT2D eigenvalue weighted by molar-refractivity contribution is -0.128. The van der Waals surface area contributed by atoms with E-state index < -0.39 is 0 Å². The number of hydrogen-bond acceptors (Lipinski definition) is 4. The molecule has 1 fully saturated rings. The van der Waals surface area contributed by atoms with Crippen molar-refractivity contribution in [3.63, 3.8) is 0 Å². The molecule has 0 saturated carbocycles. The summed E-state index contributed by atoms with van der Waals surface area (Å²) in [7, 11) is 1.76. The molecule has 0 unspecified atom stereocenters. The number of ether oxygens (including phenoxy) is 2. The molecule has 0 bridgehead atoms. The number of benzene rings is 1. The third-order valence-corrected chi connectivity index (χ3v) is 5.45. The fourth-order valence-corrected chi connectivity index (χ4v) is 4.37. The van der Waals surface area contributed by atoms with Crippen LogP contribution in [0.15, 0.2) is 36.7 Å². The van der Waals surface area contributed by atoms with E-state index in [1.54, 1.807) is 7.11 Å². The Labute approximate surface area is 149 Å². The Hall–Kier alpha value is -1.85. The van der Waals surface area contributed by atoms with Crippen LogP contribution in [0, 0.1) is 0 Å². The minimum absolute atomic E-state index is 0.184. The van der Waals surface area contributed by atoms with Crippen molar-refractivity contribution in [2.24, 2.45) is 0 Å². The molecule has 0 spiro atoms. The summed E-state index contributed by atoms with van der Waals surface area (Å²) >= 11 is 0. The molecule has 2 aromatic rings. The molecular formula is C20H27N3O2. The summed E-state index contributed by atoms with van der Waals surface area (Å²) < 4.78 is 14.1. The van der Waals surface area contributed by atoms with Gasteiger partial charge in [0.1, 0.15) is 5.75 Å². The smallest absolute Gasteiger partial charge is 0.122 e. The first-order valence-corrected chi connectivity index (χ1v) is 9.30. The average Bonchev–Trinajstić information content (AvgIpc) is 3.13. The zero-order chi connectivity index (χ0) is 17.2. The molecular weight excluding hydrogens is 314 g/mol. The van der Waals surface area contributed by atoms with Crippen LogP contribution in [0.2, 0.25) is 0 Å². The summed E-state index contributed by atoms with van der Waals surface area (Å²) in [6, 6.07) is 8.85.